The van der Waals surface area contributed by atoms with E-state index in [0.29, 0.717) is 6.42 Å². The molecule has 0 saturated heterocycles. The van der Waals surface area contributed by atoms with Crippen molar-refractivity contribution >= 4 is 0 Å². The summed E-state index contributed by atoms with van der Waals surface area (Å²) < 4.78 is 18.4. The van der Waals surface area contributed by atoms with Crippen molar-refractivity contribution in [2.75, 3.05) is 20.8 Å². The summed E-state index contributed by atoms with van der Waals surface area (Å²) in [5.41, 5.74) is 0.365. The molecule has 0 radical (unpaired) electrons. The number of ether oxygens (including phenoxy) is 1. The van der Waals surface area contributed by atoms with E-state index >= 15 is 0 Å². The zero-order valence-corrected chi connectivity index (χ0v) is 9.88. The highest BCUT2D eigenvalue weighted by Crippen LogP contribution is 2.27. The van der Waals surface area contributed by atoms with E-state index < -0.39 is 5.54 Å². The molecular formula is C12H18FNO2. The molecule has 0 amide bonds. The third-order valence-corrected chi connectivity index (χ3v) is 2.95. The minimum absolute atomic E-state index is 0.0466. The lowest BCUT2D eigenvalue weighted by Gasteiger charge is -2.29. The lowest BCUT2D eigenvalue weighted by Crippen LogP contribution is -2.37. The molecule has 4 heteroatoms. The second-order valence-electron chi connectivity index (χ2n) is 3.91. The molecule has 16 heavy (non-hydrogen) atoms. The average molecular weight is 227 g/mol. The Bertz CT molecular complexity index is 357. The number of nitrogens with one attached hydrogen (secondary N) is 1. The van der Waals surface area contributed by atoms with Crippen LogP contribution in [0.25, 0.3) is 0 Å². The number of halogens is 1. The molecule has 0 spiro atoms. The molecule has 1 rings (SSSR count). The highest BCUT2D eigenvalue weighted by molar-refractivity contribution is 5.33. The first kappa shape index (κ1) is 12.9. The van der Waals surface area contributed by atoms with Gasteiger partial charge in [-0.25, -0.2) is 4.39 Å². The van der Waals surface area contributed by atoms with Gasteiger partial charge >= 0.3 is 0 Å². The van der Waals surface area contributed by atoms with Gasteiger partial charge < -0.3 is 15.2 Å². The lowest BCUT2D eigenvalue weighted by atomic mass is 9.89. The van der Waals surface area contributed by atoms with Crippen LogP contribution in [0.3, 0.4) is 0 Å². The van der Waals surface area contributed by atoms with Gasteiger partial charge in [-0.15, -0.1) is 0 Å². The van der Waals surface area contributed by atoms with E-state index in [4.69, 9.17) is 9.84 Å². The quantitative estimate of drug-likeness (QED) is 0.803. The summed E-state index contributed by atoms with van der Waals surface area (Å²) in [5.74, 6) is -0.161. The normalized spacial score (nSPS) is 14.6. The van der Waals surface area contributed by atoms with Gasteiger partial charge in [-0.3, -0.25) is 0 Å². The molecule has 0 bridgehead atoms. The molecule has 0 aliphatic carbocycles. The van der Waals surface area contributed by atoms with Gasteiger partial charge in [0, 0.05) is 12.1 Å². The molecule has 0 saturated carbocycles. The Morgan fingerprint density at radius 3 is 2.62 bits per heavy atom. The SMILES string of the molecule is CNC(C)(CCO)c1ccc(OC)c(F)c1. The van der Waals surface area contributed by atoms with Crippen molar-refractivity contribution in [3.63, 3.8) is 0 Å². The standard InChI is InChI=1S/C12H18FNO2/c1-12(14-2,6-7-15)9-4-5-11(16-3)10(13)8-9/h4-5,8,14-15H,6-7H2,1-3H3. The van der Waals surface area contributed by atoms with Gasteiger partial charge in [0.1, 0.15) is 0 Å². The molecule has 0 heterocycles. The minimum atomic E-state index is -0.429. The average Bonchev–Trinajstić information content (AvgIpc) is 2.29. The Balaban J connectivity index is 3.07. The van der Waals surface area contributed by atoms with Crippen molar-refractivity contribution in [2.45, 2.75) is 18.9 Å². The molecule has 1 aromatic carbocycles. The van der Waals surface area contributed by atoms with Crippen molar-refractivity contribution in [3.05, 3.63) is 29.6 Å². The third-order valence-electron chi connectivity index (χ3n) is 2.95. The van der Waals surface area contributed by atoms with E-state index in [0.717, 1.165) is 5.56 Å². The van der Waals surface area contributed by atoms with E-state index in [-0.39, 0.29) is 18.2 Å². The van der Waals surface area contributed by atoms with Gasteiger partial charge in [0.25, 0.3) is 0 Å². The second-order valence-corrected chi connectivity index (χ2v) is 3.91. The molecule has 1 unspecified atom stereocenters. The van der Waals surface area contributed by atoms with Crippen LogP contribution in [-0.4, -0.2) is 25.9 Å². The number of methoxy groups -OCH3 is 1. The van der Waals surface area contributed by atoms with Crippen molar-refractivity contribution in [1.29, 1.82) is 0 Å². The van der Waals surface area contributed by atoms with Crippen LogP contribution in [0.15, 0.2) is 18.2 Å². The Hall–Kier alpha value is -1.13. The van der Waals surface area contributed by atoms with Gasteiger partial charge in [0.15, 0.2) is 11.6 Å². The maximum absolute atomic E-state index is 13.5. The highest BCUT2D eigenvalue weighted by atomic mass is 19.1. The molecular weight excluding hydrogens is 209 g/mol. The molecule has 90 valence electrons. The van der Waals surface area contributed by atoms with Crippen LogP contribution in [0.2, 0.25) is 0 Å². The zero-order valence-electron chi connectivity index (χ0n) is 9.88. The summed E-state index contributed by atoms with van der Waals surface area (Å²) in [6.45, 7) is 1.97. The third kappa shape index (κ3) is 2.51. The predicted octanol–water partition coefficient (Wildman–Crippen LogP) is 1.65. The van der Waals surface area contributed by atoms with Gasteiger partial charge in [0.05, 0.1) is 7.11 Å². The fourth-order valence-corrected chi connectivity index (χ4v) is 1.65. The fraction of sp³-hybridized carbons (Fsp3) is 0.500. The van der Waals surface area contributed by atoms with Crippen LogP contribution in [0, 0.1) is 5.82 Å². The number of hydrogen-bond donors (Lipinski definition) is 2. The number of benzene rings is 1. The van der Waals surface area contributed by atoms with Crippen LogP contribution in [0.5, 0.6) is 5.75 Å². The fourth-order valence-electron chi connectivity index (χ4n) is 1.65. The van der Waals surface area contributed by atoms with Crippen LogP contribution in [0.1, 0.15) is 18.9 Å². The maximum atomic E-state index is 13.5. The van der Waals surface area contributed by atoms with Crippen molar-refractivity contribution in [3.8, 4) is 5.75 Å². The minimum Gasteiger partial charge on any atom is -0.494 e. The Kier molecular flexibility index (Phi) is 4.26. The predicted molar refractivity (Wildman–Crippen MR) is 61.1 cm³/mol. The molecule has 0 aliphatic rings. The Morgan fingerprint density at radius 2 is 2.19 bits per heavy atom. The summed E-state index contributed by atoms with van der Waals surface area (Å²) >= 11 is 0. The van der Waals surface area contributed by atoms with Crippen LogP contribution in [-0.2, 0) is 5.54 Å². The number of aliphatic hydroxyl groups is 1. The smallest absolute Gasteiger partial charge is 0.165 e. The Labute approximate surface area is 95.2 Å². The van der Waals surface area contributed by atoms with E-state index in [1.165, 1.54) is 13.2 Å². The lowest BCUT2D eigenvalue weighted by molar-refractivity contribution is 0.228. The van der Waals surface area contributed by atoms with Gasteiger partial charge in [-0.05, 0) is 38.1 Å². The van der Waals surface area contributed by atoms with Crippen LogP contribution < -0.4 is 10.1 Å². The van der Waals surface area contributed by atoms with E-state index in [2.05, 4.69) is 5.32 Å². The molecule has 0 aliphatic heterocycles. The molecule has 1 atom stereocenters. The summed E-state index contributed by atoms with van der Waals surface area (Å²) in [6.07, 6.45) is 0.523. The van der Waals surface area contributed by atoms with Crippen molar-refractivity contribution in [2.24, 2.45) is 0 Å². The second kappa shape index (κ2) is 5.27. The summed E-state index contributed by atoms with van der Waals surface area (Å²) in [6, 6.07) is 4.83. The first-order chi connectivity index (χ1) is 7.57. The molecule has 0 fully saturated rings. The highest BCUT2D eigenvalue weighted by Gasteiger charge is 2.24. The monoisotopic (exact) mass is 227 g/mol. The van der Waals surface area contributed by atoms with Gasteiger partial charge in [-0.2, -0.15) is 0 Å². The van der Waals surface area contributed by atoms with Crippen molar-refractivity contribution < 1.29 is 14.2 Å². The molecule has 3 nitrogen and oxygen atoms in total. The van der Waals surface area contributed by atoms with E-state index in [9.17, 15) is 4.39 Å². The Morgan fingerprint density at radius 1 is 1.50 bits per heavy atom. The van der Waals surface area contributed by atoms with E-state index in [1.807, 2.05) is 6.92 Å². The summed E-state index contributed by atoms with van der Waals surface area (Å²) in [5, 5.41) is 12.1. The van der Waals surface area contributed by atoms with Gasteiger partial charge in [0.2, 0.25) is 0 Å². The number of aliphatic hydroxyl groups excluding tert-OH is 1. The number of rotatable bonds is 5. The topological polar surface area (TPSA) is 41.5 Å². The van der Waals surface area contributed by atoms with Crippen LogP contribution >= 0.6 is 0 Å². The zero-order chi connectivity index (χ0) is 12.2. The number of hydrogen-bond acceptors (Lipinski definition) is 3. The first-order valence-electron chi connectivity index (χ1n) is 5.21. The first-order valence-corrected chi connectivity index (χ1v) is 5.21. The van der Waals surface area contributed by atoms with Gasteiger partial charge in [-0.1, -0.05) is 6.07 Å². The van der Waals surface area contributed by atoms with Crippen LogP contribution in [0.4, 0.5) is 4.39 Å². The van der Waals surface area contributed by atoms with Crippen molar-refractivity contribution in [1.82, 2.24) is 5.32 Å². The van der Waals surface area contributed by atoms with E-state index in [1.54, 1.807) is 19.2 Å². The molecule has 2 N–H and O–H groups in total. The maximum Gasteiger partial charge on any atom is 0.165 e. The summed E-state index contributed by atoms with van der Waals surface area (Å²) in [7, 11) is 3.22. The largest absolute Gasteiger partial charge is 0.494 e. The summed E-state index contributed by atoms with van der Waals surface area (Å²) in [4.78, 5) is 0. The molecule has 1 aromatic rings. The molecule has 0 aromatic heterocycles.